The molecular weight excluding hydrogens is 520 g/mol. The van der Waals surface area contributed by atoms with Gasteiger partial charge < -0.3 is 29.7 Å². The van der Waals surface area contributed by atoms with Crippen molar-refractivity contribution < 1.29 is 42.2 Å². The normalized spacial score (nSPS) is 17.6. The molecule has 1 fully saturated rings. The standard InChI is InChI=1S/C25H34BF3N4O6/c1-17(2)11-19(13-30)24(35)33-10-6-9-20(33)14-38-15-21(31-16-25(27,28)29)23(34)32-22(39-26(36)37)12-18-7-4-3-5-8-18/h3-5,7-8,11,17,20-22,31,36-37H,6,9-10,12,14-16H2,1-2H3,(H,32,34)/t20-,21+,22-/m1/s1. The van der Waals surface area contributed by atoms with Crippen LogP contribution in [-0.2, 0) is 25.4 Å². The van der Waals surface area contributed by atoms with E-state index in [2.05, 4.69) is 10.6 Å². The molecule has 1 heterocycles. The first kappa shape index (κ1) is 32.3. The van der Waals surface area contributed by atoms with Gasteiger partial charge in [0, 0.05) is 13.0 Å². The van der Waals surface area contributed by atoms with Crippen LogP contribution in [0.15, 0.2) is 42.0 Å². The van der Waals surface area contributed by atoms with Gasteiger partial charge in [-0.15, -0.1) is 0 Å². The number of hydrogen-bond acceptors (Lipinski definition) is 8. The molecule has 0 aromatic heterocycles. The number of alkyl halides is 3. The Balaban J connectivity index is 2.06. The Morgan fingerprint density at radius 2 is 1.97 bits per heavy atom. The molecule has 1 saturated heterocycles. The monoisotopic (exact) mass is 554 g/mol. The molecule has 4 N–H and O–H groups in total. The molecule has 2 amide bonds. The summed E-state index contributed by atoms with van der Waals surface area (Å²) in [7, 11) is -2.23. The topological polar surface area (TPSA) is 144 Å². The maximum Gasteiger partial charge on any atom is 0.635 e. The summed E-state index contributed by atoms with van der Waals surface area (Å²) in [6.07, 6.45) is -3.04. The largest absolute Gasteiger partial charge is 0.635 e. The van der Waals surface area contributed by atoms with E-state index in [-0.39, 0.29) is 24.5 Å². The first-order valence-corrected chi connectivity index (χ1v) is 12.6. The highest BCUT2D eigenvalue weighted by Crippen LogP contribution is 2.21. The number of halogens is 3. The zero-order valence-corrected chi connectivity index (χ0v) is 21.9. The smallest absolute Gasteiger partial charge is 0.402 e. The average Bonchev–Trinajstić information content (AvgIpc) is 3.32. The van der Waals surface area contributed by atoms with Crippen molar-refractivity contribution in [2.24, 2.45) is 5.92 Å². The Morgan fingerprint density at radius 1 is 1.28 bits per heavy atom. The summed E-state index contributed by atoms with van der Waals surface area (Å²) in [5.74, 6) is -1.36. The van der Waals surface area contributed by atoms with E-state index in [1.165, 1.54) is 4.90 Å². The number of nitriles is 1. The molecule has 2 rings (SSSR count). The van der Waals surface area contributed by atoms with E-state index in [0.717, 1.165) is 0 Å². The van der Waals surface area contributed by atoms with E-state index in [1.54, 1.807) is 36.4 Å². The minimum absolute atomic E-state index is 0.0107. The lowest BCUT2D eigenvalue weighted by Gasteiger charge is -2.27. The van der Waals surface area contributed by atoms with Crippen LogP contribution < -0.4 is 10.6 Å². The Morgan fingerprint density at radius 3 is 2.56 bits per heavy atom. The minimum Gasteiger partial charge on any atom is -0.402 e. The summed E-state index contributed by atoms with van der Waals surface area (Å²) < 4.78 is 49.2. The third-order valence-electron chi connectivity index (χ3n) is 5.80. The summed E-state index contributed by atoms with van der Waals surface area (Å²) >= 11 is 0. The molecule has 0 aliphatic carbocycles. The predicted octanol–water partition coefficient (Wildman–Crippen LogP) is 1.29. The van der Waals surface area contributed by atoms with Gasteiger partial charge >= 0.3 is 13.5 Å². The van der Waals surface area contributed by atoms with E-state index in [1.807, 2.05) is 19.9 Å². The van der Waals surface area contributed by atoms with Gasteiger partial charge in [-0.05, 0) is 24.3 Å². The van der Waals surface area contributed by atoms with Crippen LogP contribution in [0.4, 0.5) is 13.2 Å². The number of amides is 2. The van der Waals surface area contributed by atoms with Crippen LogP contribution in [0.2, 0.25) is 0 Å². The third-order valence-corrected chi connectivity index (χ3v) is 5.80. The maximum absolute atomic E-state index is 12.9. The van der Waals surface area contributed by atoms with Gasteiger partial charge in [0.2, 0.25) is 5.91 Å². The molecule has 10 nitrogen and oxygen atoms in total. The van der Waals surface area contributed by atoms with Gasteiger partial charge in [0.05, 0.1) is 25.8 Å². The Labute approximate surface area is 225 Å². The molecule has 1 aromatic rings. The number of carbonyl (C=O) groups excluding carboxylic acids is 2. The number of nitrogens with zero attached hydrogens (tertiary/aromatic N) is 2. The summed E-state index contributed by atoms with van der Waals surface area (Å²) in [5, 5.41) is 32.3. The first-order valence-electron chi connectivity index (χ1n) is 12.6. The van der Waals surface area contributed by atoms with Gasteiger partial charge in [-0.2, -0.15) is 18.4 Å². The fourth-order valence-corrected chi connectivity index (χ4v) is 4.08. The number of nitrogens with one attached hydrogen (secondary N) is 2. The first-order chi connectivity index (χ1) is 18.4. The van der Waals surface area contributed by atoms with E-state index in [0.29, 0.717) is 24.9 Å². The number of hydrogen-bond donors (Lipinski definition) is 4. The fraction of sp³-hybridized carbons (Fsp3) is 0.560. The van der Waals surface area contributed by atoms with E-state index in [9.17, 15) is 38.1 Å². The predicted molar refractivity (Wildman–Crippen MR) is 135 cm³/mol. The molecule has 0 radical (unpaired) electrons. The summed E-state index contributed by atoms with van der Waals surface area (Å²) in [4.78, 5) is 27.2. The highest BCUT2D eigenvalue weighted by molar-refractivity contribution is 6.32. The van der Waals surface area contributed by atoms with Crippen molar-refractivity contribution >= 4 is 19.1 Å². The molecule has 0 unspecified atom stereocenters. The minimum atomic E-state index is -4.61. The van der Waals surface area contributed by atoms with Crippen molar-refractivity contribution in [3.05, 3.63) is 47.5 Å². The second-order valence-electron chi connectivity index (χ2n) is 9.47. The van der Waals surface area contributed by atoms with Crippen molar-refractivity contribution in [3.8, 4) is 6.07 Å². The zero-order chi connectivity index (χ0) is 29.0. The number of allylic oxidation sites excluding steroid dienone is 1. The van der Waals surface area contributed by atoms with Gasteiger partial charge in [-0.1, -0.05) is 50.3 Å². The Hall–Kier alpha value is -2.96. The molecule has 3 atom stereocenters. The molecule has 1 aliphatic heterocycles. The summed E-state index contributed by atoms with van der Waals surface area (Å²) in [6.45, 7) is 2.09. The van der Waals surface area contributed by atoms with Crippen LogP contribution in [-0.4, -0.2) is 84.9 Å². The lowest BCUT2D eigenvalue weighted by molar-refractivity contribution is -0.136. The molecule has 1 aliphatic rings. The average molecular weight is 554 g/mol. The van der Waals surface area contributed by atoms with E-state index >= 15 is 0 Å². The van der Waals surface area contributed by atoms with E-state index in [4.69, 9.17) is 9.39 Å². The maximum atomic E-state index is 12.9. The molecule has 1 aromatic carbocycles. The third kappa shape index (κ3) is 11.8. The number of likely N-dealkylation sites (tertiary alicyclic amines) is 1. The molecule has 214 valence electrons. The van der Waals surface area contributed by atoms with Gasteiger partial charge in [0.1, 0.15) is 23.9 Å². The zero-order valence-electron chi connectivity index (χ0n) is 21.9. The molecule has 14 heteroatoms. The molecule has 0 bridgehead atoms. The van der Waals surface area contributed by atoms with Crippen LogP contribution in [0, 0.1) is 17.2 Å². The highest BCUT2D eigenvalue weighted by Gasteiger charge is 2.34. The second-order valence-corrected chi connectivity index (χ2v) is 9.47. The number of ether oxygens (including phenoxy) is 1. The second kappa shape index (κ2) is 15.6. The number of rotatable bonds is 14. The molecule has 39 heavy (non-hydrogen) atoms. The highest BCUT2D eigenvalue weighted by atomic mass is 19.4. The summed E-state index contributed by atoms with van der Waals surface area (Å²) in [6, 6.07) is 8.65. The summed E-state index contributed by atoms with van der Waals surface area (Å²) in [5.41, 5.74) is 0.685. The lowest BCUT2D eigenvalue weighted by Crippen LogP contribution is -2.54. The van der Waals surface area contributed by atoms with Crippen LogP contribution in [0.5, 0.6) is 0 Å². The van der Waals surface area contributed by atoms with Crippen LogP contribution in [0.3, 0.4) is 0 Å². The SMILES string of the molecule is CC(C)C=C(C#N)C(=O)N1CCC[C@@H]1COC[C@H](NCC(F)(F)F)C(=O)N[C@@H](Cc1ccccc1)OB(O)O. The van der Waals surface area contributed by atoms with Gasteiger partial charge in [-0.25, -0.2) is 0 Å². The lowest BCUT2D eigenvalue weighted by atomic mass is 10.1. The Bertz CT molecular complexity index is 1000. The molecule has 0 saturated carbocycles. The van der Waals surface area contributed by atoms with Gasteiger partial charge in [0.25, 0.3) is 5.91 Å². The quantitative estimate of drug-likeness (QED) is 0.117. The van der Waals surface area contributed by atoms with Crippen molar-refractivity contribution in [3.63, 3.8) is 0 Å². The number of carbonyl (C=O) groups is 2. The van der Waals surface area contributed by atoms with Crippen molar-refractivity contribution in [1.82, 2.24) is 15.5 Å². The van der Waals surface area contributed by atoms with Gasteiger partial charge in [0.15, 0.2) is 0 Å². The van der Waals surface area contributed by atoms with Crippen molar-refractivity contribution in [1.29, 1.82) is 5.26 Å². The molecule has 0 spiro atoms. The van der Waals surface area contributed by atoms with Crippen molar-refractivity contribution in [2.45, 2.75) is 57.6 Å². The van der Waals surface area contributed by atoms with Crippen LogP contribution >= 0.6 is 0 Å². The fourth-order valence-electron chi connectivity index (χ4n) is 4.08. The molecular formula is C25H34BF3N4O6. The van der Waals surface area contributed by atoms with Crippen LogP contribution in [0.25, 0.3) is 0 Å². The van der Waals surface area contributed by atoms with E-state index < -0.39 is 56.8 Å². The van der Waals surface area contributed by atoms with Crippen LogP contribution in [0.1, 0.15) is 32.3 Å². The van der Waals surface area contributed by atoms with Gasteiger partial charge in [-0.3, -0.25) is 14.9 Å². The van der Waals surface area contributed by atoms with Crippen molar-refractivity contribution in [2.75, 3.05) is 26.3 Å². The Kier molecular flexibility index (Phi) is 12.9. The number of benzene rings is 1.